The Kier molecular flexibility index (Phi) is 55.3. The lowest BCUT2D eigenvalue weighted by Gasteiger charge is -2.18. The van der Waals surface area contributed by atoms with E-state index >= 15 is 0 Å². The summed E-state index contributed by atoms with van der Waals surface area (Å²) >= 11 is 0. The van der Waals surface area contributed by atoms with Crippen molar-refractivity contribution in [2.24, 2.45) is 0 Å². The molecule has 0 bridgehead atoms. The second kappa shape index (κ2) is 57.7. The van der Waals surface area contributed by atoms with E-state index in [1.165, 1.54) is 193 Å². The summed E-state index contributed by atoms with van der Waals surface area (Å²) in [7, 11) is 0. The van der Waals surface area contributed by atoms with E-state index in [2.05, 4.69) is 69.4 Å². The third kappa shape index (κ3) is 55.9. The van der Waals surface area contributed by atoms with E-state index in [-0.39, 0.29) is 31.6 Å². The molecule has 0 fully saturated rings. The minimum atomic E-state index is -0.811. The Morgan fingerprint density at radius 3 is 0.884 bits per heavy atom. The van der Waals surface area contributed by atoms with Crippen LogP contribution in [0.15, 0.2) is 60.8 Å². The van der Waals surface area contributed by atoms with Gasteiger partial charge in [-0.2, -0.15) is 0 Å². The highest BCUT2D eigenvalue weighted by Crippen LogP contribution is 2.17. The molecule has 0 aromatic rings. The number of esters is 3. The van der Waals surface area contributed by atoms with Gasteiger partial charge in [0.15, 0.2) is 6.10 Å². The van der Waals surface area contributed by atoms with E-state index in [0.29, 0.717) is 12.8 Å². The maximum Gasteiger partial charge on any atom is 0.309 e. The first-order valence-corrected chi connectivity index (χ1v) is 29.8. The van der Waals surface area contributed by atoms with Crippen LogP contribution >= 0.6 is 0 Å². The highest BCUT2D eigenvalue weighted by atomic mass is 16.6. The largest absolute Gasteiger partial charge is 0.462 e. The number of hydrogen-bond donors (Lipinski definition) is 0. The molecule has 0 aliphatic rings. The molecular weight excluding hydrogens is 853 g/mol. The van der Waals surface area contributed by atoms with Crippen molar-refractivity contribution in [2.45, 2.75) is 309 Å². The molecule has 0 aliphatic carbocycles. The van der Waals surface area contributed by atoms with Gasteiger partial charge in [-0.25, -0.2) is 0 Å². The van der Waals surface area contributed by atoms with Crippen molar-refractivity contribution in [3.63, 3.8) is 0 Å². The first-order valence-electron chi connectivity index (χ1n) is 29.8. The van der Waals surface area contributed by atoms with Crippen molar-refractivity contribution in [2.75, 3.05) is 13.2 Å². The maximum atomic E-state index is 12.9. The predicted molar refractivity (Wildman–Crippen MR) is 298 cm³/mol. The van der Waals surface area contributed by atoms with Crippen LogP contribution in [-0.2, 0) is 28.6 Å². The number of carbonyl (C=O) groups is 3. The summed E-state index contributed by atoms with van der Waals surface area (Å²) in [5, 5.41) is 0. The zero-order valence-electron chi connectivity index (χ0n) is 45.8. The fourth-order valence-corrected chi connectivity index (χ4v) is 8.64. The summed E-state index contributed by atoms with van der Waals surface area (Å²) in [5.74, 6) is -1.02. The van der Waals surface area contributed by atoms with Gasteiger partial charge < -0.3 is 14.2 Å². The van der Waals surface area contributed by atoms with E-state index in [0.717, 1.165) is 70.6 Å². The summed E-state index contributed by atoms with van der Waals surface area (Å²) < 4.78 is 16.8. The van der Waals surface area contributed by atoms with Crippen molar-refractivity contribution >= 4 is 17.9 Å². The van der Waals surface area contributed by atoms with Crippen LogP contribution in [0.5, 0.6) is 0 Å². The normalized spacial score (nSPS) is 12.4. The Labute approximate surface area is 428 Å². The molecule has 0 heterocycles. The number of hydrogen-bond acceptors (Lipinski definition) is 6. The summed E-state index contributed by atoms with van der Waals surface area (Å²) in [4.78, 5) is 38.1. The fraction of sp³-hybridized carbons (Fsp3) is 0.794. The van der Waals surface area contributed by atoms with Gasteiger partial charge in [-0.15, -0.1) is 0 Å². The van der Waals surface area contributed by atoms with Gasteiger partial charge in [-0.1, -0.05) is 300 Å². The monoisotopic (exact) mass is 965 g/mol. The van der Waals surface area contributed by atoms with Crippen LogP contribution < -0.4 is 0 Å². The number of carbonyl (C=O) groups excluding carboxylic acids is 3. The second-order valence-electron chi connectivity index (χ2n) is 19.9. The van der Waals surface area contributed by atoms with Crippen molar-refractivity contribution in [3.05, 3.63) is 60.8 Å². The molecule has 1 atom stereocenters. The van der Waals surface area contributed by atoms with Gasteiger partial charge in [0.1, 0.15) is 13.2 Å². The van der Waals surface area contributed by atoms with Crippen LogP contribution in [0, 0.1) is 0 Å². The lowest BCUT2D eigenvalue weighted by atomic mass is 10.0. The molecule has 0 saturated carbocycles. The van der Waals surface area contributed by atoms with Crippen molar-refractivity contribution in [3.8, 4) is 0 Å². The first-order chi connectivity index (χ1) is 34.0. The van der Waals surface area contributed by atoms with E-state index < -0.39 is 12.1 Å². The zero-order chi connectivity index (χ0) is 50.0. The minimum absolute atomic E-state index is 0.0995. The average Bonchev–Trinajstić information content (AvgIpc) is 3.35. The van der Waals surface area contributed by atoms with Crippen LogP contribution in [-0.4, -0.2) is 37.2 Å². The molecule has 0 aliphatic heterocycles. The minimum Gasteiger partial charge on any atom is -0.462 e. The number of allylic oxidation sites excluding steroid dienone is 9. The smallest absolute Gasteiger partial charge is 0.309 e. The molecule has 1 unspecified atom stereocenters. The third-order valence-electron chi connectivity index (χ3n) is 13.1. The van der Waals surface area contributed by atoms with Gasteiger partial charge in [0, 0.05) is 12.8 Å². The number of ether oxygens (including phenoxy) is 3. The van der Waals surface area contributed by atoms with Gasteiger partial charge in [-0.05, 0) is 44.9 Å². The van der Waals surface area contributed by atoms with Crippen LogP contribution in [0.3, 0.4) is 0 Å². The molecule has 0 N–H and O–H groups in total. The Balaban J connectivity index is 4.41. The molecule has 0 amide bonds. The molecule has 0 spiro atoms. The standard InChI is InChI=1S/C63H112O6/c1-4-7-10-13-16-19-22-25-28-30-31-33-35-38-41-44-47-50-53-56-62(65)68-59-60(58-67-61(64)55-52-49-46-43-40-37-34-27-24-21-18-15-12-9-6-3)69-63(66)57-54-51-48-45-42-39-36-32-29-26-23-20-17-14-11-8-5-2/h9,12,18,21,27,34,40,43,49,52,60H,4-8,10-11,13-17,19-20,22-26,28-33,35-39,41-42,44-48,50-51,53-59H2,1-3H3/b12-9-,21-18-,34-27-,43-40-,52-49-. The van der Waals surface area contributed by atoms with Crippen LogP contribution in [0.1, 0.15) is 303 Å². The fourth-order valence-electron chi connectivity index (χ4n) is 8.64. The highest BCUT2D eigenvalue weighted by Gasteiger charge is 2.19. The van der Waals surface area contributed by atoms with Gasteiger partial charge in [0.05, 0.1) is 6.42 Å². The van der Waals surface area contributed by atoms with E-state index in [4.69, 9.17) is 14.2 Å². The lowest BCUT2D eigenvalue weighted by molar-refractivity contribution is -0.166. The summed E-state index contributed by atoms with van der Waals surface area (Å²) in [5.41, 5.74) is 0. The molecule has 0 radical (unpaired) electrons. The number of rotatable bonds is 54. The Bertz CT molecular complexity index is 1250. The SMILES string of the molecule is CC/C=C\C/C=C\C/C=C\C/C=C\C/C=C\CC(=O)OCC(COC(=O)CCCCCCCCCCCCCCCCCCCCC)OC(=O)CCCCCCCCCCCCCCCCCCC. The molecule has 6 nitrogen and oxygen atoms in total. The quantitative estimate of drug-likeness (QED) is 0.0262. The van der Waals surface area contributed by atoms with Crippen molar-refractivity contribution in [1.82, 2.24) is 0 Å². The van der Waals surface area contributed by atoms with Crippen LogP contribution in [0.25, 0.3) is 0 Å². The van der Waals surface area contributed by atoms with Gasteiger partial charge in [0.25, 0.3) is 0 Å². The molecule has 0 aromatic carbocycles. The molecule has 6 heteroatoms. The van der Waals surface area contributed by atoms with E-state index in [1.807, 2.05) is 6.08 Å². The molecule has 0 saturated heterocycles. The molecule has 69 heavy (non-hydrogen) atoms. The molecule has 0 rings (SSSR count). The predicted octanol–water partition coefficient (Wildman–Crippen LogP) is 20.0. The Morgan fingerprint density at radius 1 is 0.304 bits per heavy atom. The zero-order valence-corrected chi connectivity index (χ0v) is 45.8. The first kappa shape index (κ1) is 66.1. The highest BCUT2D eigenvalue weighted by molar-refractivity contribution is 5.72. The Morgan fingerprint density at radius 2 is 0.565 bits per heavy atom. The van der Waals surface area contributed by atoms with Crippen molar-refractivity contribution < 1.29 is 28.6 Å². The van der Waals surface area contributed by atoms with Gasteiger partial charge >= 0.3 is 17.9 Å². The molecular formula is C63H112O6. The summed E-state index contributed by atoms with van der Waals surface area (Å²) in [6.45, 7) is 6.48. The van der Waals surface area contributed by atoms with E-state index in [9.17, 15) is 14.4 Å². The maximum absolute atomic E-state index is 12.9. The van der Waals surface area contributed by atoms with Crippen LogP contribution in [0.2, 0.25) is 0 Å². The molecule has 0 aromatic heterocycles. The Hall–Kier alpha value is -2.89. The summed E-state index contributed by atoms with van der Waals surface area (Å²) in [6.07, 6.45) is 72.4. The van der Waals surface area contributed by atoms with E-state index in [1.54, 1.807) is 6.08 Å². The van der Waals surface area contributed by atoms with Crippen LogP contribution in [0.4, 0.5) is 0 Å². The second-order valence-corrected chi connectivity index (χ2v) is 19.9. The number of unbranched alkanes of at least 4 members (excludes halogenated alkanes) is 34. The van der Waals surface area contributed by atoms with Gasteiger partial charge in [-0.3, -0.25) is 14.4 Å². The van der Waals surface area contributed by atoms with Crippen molar-refractivity contribution in [1.29, 1.82) is 0 Å². The molecule has 400 valence electrons. The topological polar surface area (TPSA) is 78.9 Å². The lowest BCUT2D eigenvalue weighted by Crippen LogP contribution is -2.30. The third-order valence-corrected chi connectivity index (χ3v) is 13.1. The average molecular weight is 966 g/mol. The summed E-state index contributed by atoms with van der Waals surface area (Å²) in [6, 6.07) is 0. The van der Waals surface area contributed by atoms with Gasteiger partial charge in [0.2, 0.25) is 0 Å².